The third-order valence-electron chi connectivity index (χ3n) is 6.70. The second-order valence-electron chi connectivity index (χ2n) is 11.6. The molecule has 4 unspecified atom stereocenters. The van der Waals surface area contributed by atoms with Crippen LogP contribution >= 0.6 is 0 Å². The van der Waals surface area contributed by atoms with E-state index in [1.165, 1.54) is 0 Å². The molecule has 4 heteroatoms. The minimum Gasteiger partial charge on any atom is -0.490 e. The van der Waals surface area contributed by atoms with Crippen LogP contribution in [0.5, 0.6) is 11.5 Å². The molecule has 30 heavy (non-hydrogen) atoms. The zero-order chi connectivity index (χ0) is 22.1. The maximum Gasteiger partial charge on any atom is 0.119 e. The van der Waals surface area contributed by atoms with Crippen molar-refractivity contribution in [1.82, 2.24) is 10.6 Å². The number of rotatable bonds is 6. The molecule has 0 spiro atoms. The van der Waals surface area contributed by atoms with E-state index in [2.05, 4.69) is 90.3 Å². The van der Waals surface area contributed by atoms with Crippen molar-refractivity contribution in [2.24, 2.45) is 11.8 Å². The highest BCUT2D eigenvalue weighted by atomic mass is 16.5. The summed E-state index contributed by atoms with van der Waals surface area (Å²) in [6, 6.07) is 9.28. The summed E-state index contributed by atoms with van der Waals surface area (Å²) in [6.07, 6.45) is 4.65. The van der Waals surface area contributed by atoms with E-state index in [9.17, 15) is 0 Å². The van der Waals surface area contributed by atoms with Crippen molar-refractivity contribution in [2.75, 3.05) is 0 Å². The van der Waals surface area contributed by atoms with Gasteiger partial charge in [0.1, 0.15) is 23.7 Å². The molecule has 0 amide bonds. The molecule has 0 aromatic heterocycles. The number of piperidine rings is 2. The third kappa shape index (κ3) is 6.37. The highest BCUT2D eigenvalue weighted by Gasteiger charge is 2.36. The van der Waals surface area contributed by atoms with Gasteiger partial charge >= 0.3 is 0 Å². The Morgan fingerprint density at radius 3 is 1.33 bits per heavy atom. The van der Waals surface area contributed by atoms with Crippen molar-refractivity contribution in [3.8, 4) is 11.5 Å². The summed E-state index contributed by atoms with van der Waals surface area (Å²) in [4.78, 5) is 0. The highest BCUT2D eigenvalue weighted by Crippen LogP contribution is 2.32. The quantitative estimate of drug-likeness (QED) is 0.637. The fourth-order valence-corrected chi connectivity index (χ4v) is 5.15. The molecule has 2 fully saturated rings. The molecule has 0 aliphatic carbocycles. The van der Waals surface area contributed by atoms with Gasteiger partial charge in [0, 0.05) is 36.0 Å². The van der Waals surface area contributed by atoms with Crippen molar-refractivity contribution < 1.29 is 9.47 Å². The van der Waals surface area contributed by atoms with Crippen LogP contribution in [0.15, 0.2) is 24.3 Å². The summed E-state index contributed by atoms with van der Waals surface area (Å²) in [7, 11) is 0. The molecule has 2 aliphatic heterocycles. The first kappa shape index (κ1) is 23.4. The van der Waals surface area contributed by atoms with Crippen LogP contribution in [0, 0.1) is 11.8 Å². The number of hydrogen-bond donors (Lipinski definition) is 2. The van der Waals surface area contributed by atoms with Gasteiger partial charge in [0.25, 0.3) is 0 Å². The van der Waals surface area contributed by atoms with Gasteiger partial charge in [0.2, 0.25) is 0 Å². The molecular formula is C26H44N2O2. The van der Waals surface area contributed by atoms with Crippen LogP contribution in [-0.2, 0) is 0 Å². The Balaban J connectivity index is 1.60. The zero-order valence-electron chi connectivity index (χ0n) is 20.4. The van der Waals surface area contributed by atoms with Gasteiger partial charge in [-0.15, -0.1) is 0 Å². The monoisotopic (exact) mass is 416 g/mol. The van der Waals surface area contributed by atoms with E-state index in [-0.39, 0.29) is 23.3 Å². The molecule has 2 aliphatic rings. The molecule has 2 N–H and O–H groups in total. The molecule has 4 nitrogen and oxygen atoms in total. The number of ether oxygens (including phenoxy) is 2. The van der Waals surface area contributed by atoms with Gasteiger partial charge in [0.15, 0.2) is 0 Å². The van der Waals surface area contributed by atoms with E-state index in [4.69, 9.17) is 9.47 Å². The Bertz CT molecular complexity index is 622. The fourth-order valence-electron chi connectivity index (χ4n) is 5.15. The molecule has 1 aromatic rings. The average Bonchev–Trinajstić information content (AvgIpc) is 2.60. The Hall–Kier alpha value is -1.26. The molecule has 170 valence electrons. The predicted molar refractivity (Wildman–Crippen MR) is 125 cm³/mol. The summed E-state index contributed by atoms with van der Waals surface area (Å²) in [5.74, 6) is 3.10. The van der Waals surface area contributed by atoms with Gasteiger partial charge in [-0.3, -0.25) is 0 Å². The number of benzene rings is 1. The molecule has 0 bridgehead atoms. The van der Waals surface area contributed by atoms with Crippen LogP contribution < -0.4 is 20.1 Å². The fraction of sp³-hybridized carbons (Fsp3) is 0.769. The molecular weight excluding hydrogens is 372 g/mol. The minimum atomic E-state index is 0.107. The van der Waals surface area contributed by atoms with E-state index in [1.54, 1.807) is 0 Å². The lowest BCUT2D eigenvalue weighted by atomic mass is 9.83. The van der Waals surface area contributed by atoms with Crippen molar-refractivity contribution in [2.45, 2.75) is 116 Å². The van der Waals surface area contributed by atoms with E-state index in [0.29, 0.717) is 23.9 Å². The van der Waals surface area contributed by atoms with Crippen molar-refractivity contribution in [3.63, 3.8) is 0 Å². The first-order valence-corrected chi connectivity index (χ1v) is 11.9. The van der Waals surface area contributed by atoms with E-state index in [1.807, 2.05) is 0 Å². The molecule has 2 saturated heterocycles. The van der Waals surface area contributed by atoms with Gasteiger partial charge in [0.05, 0.1) is 0 Å². The van der Waals surface area contributed by atoms with Crippen LogP contribution in [-0.4, -0.2) is 35.4 Å². The lowest BCUT2D eigenvalue weighted by Crippen LogP contribution is -2.56. The Labute approximate surface area is 184 Å². The predicted octanol–water partition coefficient (Wildman–Crippen LogP) is 5.55. The van der Waals surface area contributed by atoms with Crippen LogP contribution in [0.1, 0.15) is 81.1 Å². The Kier molecular flexibility index (Phi) is 7.08. The van der Waals surface area contributed by atoms with E-state index < -0.39 is 0 Å². The van der Waals surface area contributed by atoms with Crippen LogP contribution in [0.2, 0.25) is 0 Å². The summed E-state index contributed by atoms with van der Waals surface area (Å²) in [5.41, 5.74) is 0.214. The maximum atomic E-state index is 6.39. The lowest BCUT2D eigenvalue weighted by Gasteiger charge is -2.43. The van der Waals surface area contributed by atoms with Gasteiger partial charge in [-0.2, -0.15) is 0 Å². The molecule has 4 atom stereocenters. The smallest absolute Gasteiger partial charge is 0.119 e. The third-order valence-corrected chi connectivity index (χ3v) is 6.70. The van der Waals surface area contributed by atoms with E-state index >= 15 is 0 Å². The van der Waals surface area contributed by atoms with Gasteiger partial charge < -0.3 is 20.1 Å². The molecule has 0 radical (unpaired) electrons. The molecule has 3 rings (SSSR count). The topological polar surface area (TPSA) is 42.5 Å². The largest absolute Gasteiger partial charge is 0.490 e. The zero-order valence-corrected chi connectivity index (χ0v) is 20.4. The second kappa shape index (κ2) is 9.08. The van der Waals surface area contributed by atoms with Crippen LogP contribution in [0.3, 0.4) is 0 Å². The van der Waals surface area contributed by atoms with Gasteiger partial charge in [-0.1, -0.05) is 27.7 Å². The van der Waals surface area contributed by atoms with E-state index in [0.717, 1.165) is 37.2 Å². The summed E-state index contributed by atoms with van der Waals surface area (Å²) < 4.78 is 12.8. The Morgan fingerprint density at radius 1 is 0.700 bits per heavy atom. The molecule has 0 saturated carbocycles. The van der Waals surface area contributed by atoms with Crippen LogP contribution in [0.4, 0.5) is 0 Å². The Morgan fingerprint density at radius 2 is 1.03 bits per heavy atom. The highest BCUT2D eigenvalue weighted by molar-refractivity contribution is 5.31. The van der Waals surface area contributed by atoms with Gasteiger partial charge in [-0.25, -0.2) is 0 Å². The summed E-state index contributed by atoms with van der Waals surface area (Å²) in [6.45, 7) is 18.3. The normalized spacial score (nSPS) is 31.0. The minimum absolute atomic E-state index is 0.107. The first-order chi connectivity index (χ1) is 13.9. The number of nitrogens with one attached hydrogen (secondary N) is 2. The number of hydrogen-bond acceptors (Lipinski definition) is 4. The lowest BCUT2D eigenvalue weighted by molar-refractivity contribution is 0.0694. The van der Waals surface area contributed by atoms with Crippen molar-refractivity contribution in [1.29, 1.82) is 0 Å². The van der Waals surface area contributed by atoms with Gasteiger partial charge in [-0.05, 0) is 76.6 Å². The van der Waals surface area contributed by atoms with Crippen molar-refractivity contribution >= 4 is 0 Å². The first-order valence-electron chi connectivity index (χ1n) is 11.9. The maximum absolute atomic E-state index is 6.39. The molecule has 1 aromatic carbocycles. The van der Waals surface area contributed by atoms with Crippen LogP contribution in [0.25, 0.3) is 0 Å². The average molecular weight is 417 g/mol. The standard InChI is InChI=1S/C26H44N2O2/c1-17(2)23-13-21(15-25(5,6)27-23)29-19-9-11-20(12-10-19)30-22-14-24(18(3)4)28-26(7,8)16-22/h9-12,17-18,21-24,27-28H,13-16H2,1-8H3. The SMILES string of the molecule is CC(C)C1CC(Oc2ccc(OC3CC(C(C)C)NC(C)(C)C3)cc2)CC(C)(C)N1. The second-order valence-corrected chi connectivity index (χ2v) is 11.6. The summed E-state index contributed by atoms with van der Waals surface area (Å²) in [5, 5.41) is 7.55. The summed E-state index contributed by atoms with van der Waals surface area (Å²) >= 11 is 0. The van der Waals surface area contributed by atoms with Crippen molar-refractivity contribution in [3.05, 3.63) is 24.3 Å². The molecule has 2 heterocycles.